The Bertz CT molecular complexity index is 561. The fraction of sp³-hybridized carbons (Fsp3) is 0.250. The van der Waals surface area contributed by atoms with Crippen molar-refractivity contribution in [1.82, 2.24) is 0 Å². The molecule has 0 amide bonds. The highest BCUT2D eigenvalue weighted by Crippen LogP contribution is 2.34. The minimum atomic E-state index is 0.0859. The molecule has 2 N–H and O–H groups in total. The van der Waals surface area contributed by atoms with Gasteiger partial charge in [0, 0.05) is 24.0 Å². The minimum absolute atomic E-state index is 0.0859. The Morgan fingerprint density at radius 3 is 2.78 bits per heavy atom. The van der Waals surface area contributed by atoms with E-state index in [0.29, 0.717) is 0 Å². The summed E-state index contributed by atoms with van der Waals surface area (Å²) in [6.07, 6.45) is 1.12. The first-order valence-electron chi connectivity index (χ1n) is 6.47. The van der Waals surface area contributed by atoms with Gasteiger partial charge in [0.15, 0.2) is 0 Å². The zero-order valence-corrected chi connectivity index (χ0v) is 10.6. The van der Waals surface area contributed by atoms with Gasteiger partial charge in [-0.15, -0.1) is 0 Å². The van der Waals surface area contributed by atoms with Gasteiger partial charge in [0.05, 0.1) is 0 Å². The van der Waals surface area contributed by atoms with Crippen LogP contribution in [-0.4, -0.2) is 6.54 Å². The fourth-order valence-electron chi connectivity index (χ4n) is 2.58. The van der Waals surface area contributed by atoms with Gasteiger partial charge in [-0.25, -0.2) is 0 Å². The standard InChI is InChI=1S/C16H18N2/c1-12(17)14-6-4-7-15(11-14)18-10-9-13-5-2-3-8-16(13)18/h2-8,11-12H,9-10,17H2,1H3/t12-/m1/s1. The number of para-hydroxylation sites is 1. The third kappa shape index (κ3) is 1.89. The van der Waals surface area contributed by atoms with Crippen LogP contribution in [0.5, 0.6) is 0 Å². The first-order chi connectivity index (χ1) is 8.75. The summed E-state index contributed by atoms with van der Waals surface area (Å²) >= 11 is 0. The monoisotopic (exact) mass is 238 g/mol. The Hall–Kier alpha value is -1.80. The van der Waals surface area contributed by atoms with Crippen LogP contribution < -0.4 is 10.6 Å². The molecule has 1 aliphatic rings. The number of nitrogens with zero attached hydrogens (tertiary/aromatic N) is 1. The summed E-state index contributed by atoms with van der Waals surface area (Å²) in [5.41, 5.74) is 11.2. The summed E-state index contributed by atoms with van der Waals surface area (Å²) in [6.45, 7) is 3.08. The molecule has 18 heavy (non-hydrogen) atoms. The molecule has 0 fully saturated rings. The molecular formula is C16H18N2. The largest absolute Gasteiger partial charge is 0.341 e. The normalized spacial score (nSPS) is 15.6. The van der Waals surface area contributed by atoms with Crippen molar-refractivity contribution in [3.63, 3.8) is 0 Å². The van der Waals surface area contributed by atoms with Gasteiger partial charge in [-0.2, -0.15) is 0 Å². The average molecular weight is 238 g/mol. The summed E-state index contributed by atoms with van der Waals surface area (Å²) in [5.74, 6) is 0. The number of benzene rings is 2. The van der Waals surface area contributed by atoms with Gasteiger partial charge in [-0.3, -0.25) is 0 Å². The lowest BCUT2D eigenvalue weighted by Gasteiger charge is -2.21. The van der Waals surface area contributed by atoms with Crippen molar-refractivity contribution in [2.24, 2.45) is 5.73 Å². The summed E-state index contributed by atoms with van der Waals surface area (Å²) in [6, 6.07) is 17.3. The summed E-state index contributed by atoms with van der Waals surface area (Å²) in [5, 5.41) is 0. The van der Waals surface area contributed by atoms with E-state index in [2.05, 4.69) is 53.4 Å². The van der Waals surface area contributed by atoms with E-state index in [9.17, 15) is 0 Å². The van der Waals surface area contributed by atoms with Gasteiger partial charge in [-0.1, -0.05) is 30.3 Å². The topological polar surface area (TPSA) is 29.3 Å². The number of hydrogen-bond donors (Lipinski definition) is 1. The van der Waals surface area contributed by atoms with E-state index in [1.165, 1.54) is 22.5 Å². The molecule has 0 bridgehead atoms. The number of anilines is 2. The van der Waals surface area contributed by atoms with Crippen molar-refractivity contribution >= 4 is 11.4 Å². The van der Waals surface area contributed by atoms with Crippen LogP contribution in [0.1, 0.15) is 24.1 Å². The van der Waals surface area contributed by atoms with Crippen molar-refractivity contribution < 1.29 is 0 Å². The molecule has 2 heteroatoms. The number of fused-ring (bicyclic) bond motifs is 1. The molecule has 0 unspecified atom stereocenters. The van der Waals surface area contributed by atoms with E-state index >= 15 is 0 Å². The first-order valence-corrected chi connectivity index (χ1v) is 6.47. The molecule has 0 saturated heterocycles. The van der Waals surface area contributed by atoms with Crippen molar-refractivity contribution in [3.8, 4) is 0 Å². The van der Waals surface area contributed by atoms with Crippen molar-refractivity contribution in [2.75, 3.05) is 11.4 Å². The molecule has 2 nitrogen and oxygen atoms in total. The van der Waals surface area contributed by atoms with E-state index in [4.69, 9.17) is 5.73 Å². The first kappa shape index (κ1) is 11.3. The second kappa shape index (κ2) is 4.46. The molecule has 0 spiro atoms. The SMILES string of the molecule is C[C@@H](N)c1cccc(N2CCc3ccccc32)c1. The molecule has 0 radical (unpaired) electrons. The zero-order chi connectivity index (χ0) is 12.5. The highest BCUT2D eigenvalue weighted by molar-refractivity contribution is 5.70. The number of hydrogen-bond acceptors (Lipinski definition) is 2. The molecule has 2 aromatic carbocycles. The maximum Gasteiger partial charge on any atom is 0.0444 e. The fourth-order valence-corrected chi connectivity index (χ4v) is 2.58. The molecule has 92 valence electrons. The molecule has 3 rings (SSSR count). The van der Waals surface area contributed by atoms with Crippen molar-refractivity contribution in [2.45, 2.75) is 19.4 Å². The second-order valence-corrected chi connectivity index (χ2v) is 4.91. The Kier molecular flexibility index (Phi) is 2.80. The molecule has 1 atom stereocenters. The van der Waals surface area contributed by atoms with Crippen LogP contribution in [0.2, 0.25) is 0 Å². The summed E-state index contributed by atoms with van der Waals surface area (Å²) in [7, 11) is 0. The van der Waals surface area contributed by atoms with E-state index in [0.717, 1.165) is 13.0 Å². The lowest BCUT2D eigenvalue weighted by molar-refractivity contribution is 0.817. The van der Waals surface area contributed by atoms with Gasteiger partial charge in [0.2, 0.25) is 0 Å². The lowest BCUT2D eigenvalue weighted by atomic mass is 10.1. The van der Waals surface area contributed by atoms with Gasteiger partial charge < -0.3 is 10.6 Å². The van der Waals surface area contributed by atoms with Gasteiger partial charge >= 0.3 is 0 Å². The minimum Gasteiger partial charge on any atom is -0.341 e. The Balaban J connectivity index is 2.00. The maximum atomic E-state index is 5.96. The third-order valence-electron chi connectivity index (χ3n) is 3.59. The lowest BCUT2D eigenvalue weighted by Crippen LogP contribution is -2.14. The van der Waals surface area contributed by atoms with E-state index in [-0.39, 0.29) is 6.04 Å². The Morgan fingerprint density at radius 1 is 1.11 bits per heavy atom. The van der Waals surface area contributed by atoms with Crippen molar-refractivity contribution in [1.29, 1.82) is 0 Å². The highest BCUT2D eigenvalue weighted by atomic mass is 15.2. The molecular weight excluding hydrogens is 220 g/mol. The van der Waals surface area contributed by atoms with Crippen LogP contribution in [-0.2, 0) is 6.42 Å². The predicted molar refractivity (Wildman–Crippen MR) is 76.2 cm³/mol. The van der Waals surface area contributed by atoms with Crippen molar-refractivity contribution in [3.05, 3.63) is 59.7 Å². The predicted octanol–water partition coefficient (Wildman–Crippen LogP) is 3.40. The van der Waals surface area contributed by atoms with Crippen LogP contribution in [0.3, 0.4) is 0 Å². The highest BCUT2D eigenvalue weighted by Gasteiger charge is 2.19. The molecule has 0 aliphatic carbocycles. The van der Waals surface area contributed by atoms with Gasteiger partial charge in [0.1, 0.15) is 0 Å². The molecule has 1 heterocycles. The molecule has 0 aromatic heterocycles. The summed E-state index contributed by atoms with van der Waals surface area (Å²) < 4.78 is 0. The summed E-state index contributed by atoms with van der Waals surface area (Å²) in [4.78, 5) is 2.38. The van der Waals surface area contributed by atoms with Crippen LogP contribution in [0.25, 0.3) is 0 Å². The quantitative estimate of drug-likeness (QED) is 0.868. The smallest absolute Gasteiger partial charge is 0.0444 e. The second-order valence-electron chi connectivity index (χ2n) is 4.91. The Morgan fingerprint density at radius 2 is 1.94 bits per heavy atom. The maximum absolute atomic E-state index is 5.96. The van der Waals surface area contributed by atoms with Gasteiger partial charge in [0.25, 0.3) is 0 Å². The average Bonchev–Trinajstić information content (AvgIpc) is 2.82. The van der Waals surface area contributed by atoms with Crippen LogP contribution in [0.15, 0.2) is 48.5 Å². The molecule has 1 aliphatic heterocycles. The molecule has 0 saturated carbocycles. The van der Waals surface area contributed by atoms with E-state index < -0.39 is 0 Å². The van der Waals surface area contributed by atoms with Crippen LogP contribution in [0, 0.1) is 0 Å². The molecule has 2 aromatic rings. The van der Waals surface area contributed by atoms with E-state index in [1.54, 1.807) is 0 Å². The van der Waals surface area contributed by atoms with E-state index in [1.807, 2.05) is 6.92 Å². The number of nitrogens with two attached hydrogens (primary N) is 1. The third-order valence-corrected chi connectivity index (χ3v) is 3.59. The number of rotatable bonds is 2. The van der Waals surface area contributed by atoms with Crippen LogP contribution >= 0.6 is 0 Å². The van der Waals surface area contributed by atoms with Gasteiger partial charge in [-0.05, 0) is 42.7 Å². The van der Waals surface area contributed by atoms with Crippen LogP contribution in [0.4, 0.5) is 11.4 Å². The Labute approximate surface area is 108 Å². The zero-order valence-electron chi connectivity index (χ0n) is 10.6.